The van der Waals surface area contributed by atoms with Gasteiger partial charge in [0.25, 0.3) is 0 Å². The number of aromatic nitrogens is 2. The summed E-state index contributed by atoms with van der Waals surface area (Å²) in [5.74, 6) is 5.37. The third-order valence-corrected chi connectivity index (χ3v) is 2.91. The molecule has 1 aromatic rings. The molecule has 1 fully saturated rings. The molecule has 0 saturated heterocycles. The van der Waals surface area contributed by atoms with Gasteiger partial charge in [0.1, 0.15) is 5.69 Å². The highest BCUT2D eigenvalue weighted by molar-refractivity contribution is 5.62. The third-order valence-electron chi connectivity index (χ3n) is 2.91. The van der Waals surface area contributed by atoms with Crippen LogP contribution in [-0.2, 0) is 0 Å². The van der Waals surface area contributed by atoms with Crippen molar-refractivity contribution in [3.05, 3.63) is 15.8 Å². The molecule has 0 atom stereocenters. The second-order valence-corrected chi connectivity index (χ2v) is 4.29. The number of aryl methyl sites for hydroxylation is 1. The van der Waals surface area contributed by atoms with Crippen molar-refractivity contribution in [1.82, 2.24) is 9.97 Å². The number of anilines is 2. The highest BCUT2D eigenvalue weighted by Crippen LogP contribution is 2.40. The molecule has 0 radical (unpaired) electrons. The van der Waals surface area contributed by atoms with Crippen LogP contribution in [-0.4, -0.2) is 32.1 Å². The van der Waals surface area contributed by atoms with Crippen molar-refractivity contribution in [2.75, 3.05) is 17.3 Å². The largest absolute Gasteiger partial charge is 0.394 e. The summed E-state index contributed by atoms with van der Waals surface area (Å²) in [6.07, 6.45) is 1.49. The molecule has 0 unspecified atom stereocenters. The van der Waals surface area contributed by atoms with Crippen molar-refractivity contribution in [3.8, 4) is 0 Å². The van der Waals surface area contributed by atoms with Crippen LogP contribution in [0.15, 0.2) is 0 Å². The van der Waals surface area contributed by atoms with Crippen LogP contribution in [0.1, 0.15) is 18.5 Å². The molecule has 9 heteroatoms. The Balaban J connectivity index is 2.42. The van der Waals surface area contributed by atoms with E-state index in [9.17, 15) is 15.2 Å². The minimum atomic E-state index is -0.550. The molecule has 18 heavy (non-hydrogen) atoms. The summed E-state index contributed by atoms with van der Waals surface area (Å²) in [6, 6.07) is 0. The number of nitrogens with one attached hydrogen (secondary N) is 2. The Morgan fingerprint density at radius 1 is 1.56 bits per heavy atom. The Morgan fingerprint density at radius 3 is 2.67 bits per heavy atom. The summed E-state index contributed by atoms with van der Waals surface area (Å²) in [6.45, 7) is 1.41. The van der Waals surface area contributed by atoms with Crippen LogP contribution in [0, 0.1) is 17.0 Å². The van der Waals surface area contributed by atoms with Crippen molar-refractivity contribution < 1.29 is 10.0 Å². The molecule has 1 aliphatic carbocycles. The molecular weight excluding hydrogens is 240 g/mol. The lowest BCUT2D eigenvalue weighted by atomic mass is 10.2. The second kappa shape index (κ2) is 4.35. The maximum Gasteiger partial charge on any atom is 0.332 e. The van der Waals surface area contributed by atoms with E-state index in [0.717, 1.165) is 12.8 Å². The zero-order chi connectivity index (χ0) is 13.3. The van der Waals surface area contributed by atoms with Crippen LogP contribution in [0.3, 0.4) is 0 Å². The van der Waals surface area contributed by atoms with E-state index >= 15 is 0 Å². The van der Waals surface area contributed by atoms with E-state index in [2.05, 4.69) is 20.7 Å². The molecule has 1 saturated carbocycles. The minimum Gasteiger partial charge on any atom is -0.394 e. The number of hydrazine groups is 1. The Morgan fingerprint density at radius 2 is 2.22 bits per heavy atom. The Kier molecular flexibility index (Phi) is 3.01. The van der Waals surface area contributed by atoms with E-state index < -0.39 is 10.5 Å². The number of hydrogen-bond donors (Lipinski definition) is 4. The fraction of sp³-hybridized carbons (Fsp3) is 0.556. The predicted molar refractivity (Wildman–Crippen MR) is 63.9 cm³/mol. The van der Waals surface area contributed by atoms with E-state index in [4.69, 9.17) is 5.84 Å². The molecule has 5 N–H and O–H groups in total. The van der Waals surface area contributed by atoms with E-state index in [1.54, 1.807) is 0 Å². The van der Waals surface area contributed by atoms with Gasteiger partial charge in [-0.2, -0.15) is 4.98 Å². The predicted octanol–water partition coefficient (Wildman–Crippen LogP) is -0.0844. The first-order valence-corrected chi connectivity index (χ1v) is 5.40. The highest BCUT2D eigenvalue weighted by Gasteiger charge is 2.44. The van der Waals surface area contributed by atoms with Gasteiger partial charge >= 0.3 is 5.69 Å². The maximum absolute atomic E-state index is 11.0. The number of rotatable bonds is 5. The first-order valence-electron chi connectivity index (χ1n) is 5.40. The topological polar surface area (TPSA) is 139 Å². The first-order chi connectivity index (χ1) is 8.51. The van der Waals surface area contributed by atoms with E-state index in [1.807, 2.05) is 0 Å². The molecule has 0 amide bonds. The van der Waals surface area contributed by atoms with Gasteiger partial charge in [-0.25, -0.2) is 10.8 Å². The number of nitro groups is 1. The van der Waals surface area contributed by atoms with Gasteiger partial charge < -0.3 is 10.4 Å². The first kappa shape index (κ1) is 12.5. The number of hydrogen-bond acceptors (Lipinski definition) is 8. The van der Waals surface area contributed by atoms with Gasteiger partial charge in [-0.3, -0.25) is 15.5 Å². The molecule has 0 aromatic carbocycles. The average Bonchev–Trinajstić information content (AvgIpc) is 3.08. The smallest absolute Gasteiger partial charge is 0.332 e. The average molecular weight is 254 g/mol. The minimum absolute atomic E-state index is 0.0759. The quantitative estimate of drug-likeness (QED) is 0.325. The summed E-state index contributed by atoms with van der Waals surface area (Å²) >= 11 is 0. The van der Waals surface area contributed by atoms with Crippen molar-refractivity contribution >= 4 is 17.5 Å². The van der Waals surface area contributed by atoms with Gasteiger partial charge in [0, 0.05) is 0 Å². The van der Waals surface area contributed by atoms with Crippen LogP contribution in [0.5, 0.6) is 0 Å². The van der Waals surface area contributed by atoms with Crippen molar-refractivity contribution in [2.45, 2.75) is 25.3 Å². The number of nitrogens with two attached hydrogens (primary N) is 1. The van der Waals surface area contributed by atoms with Gasteiger partial charge in [0.2, 0.25) is 11.8 Å². The third kappa shape index (κ3) is 2.17. The van der Waals surface area contributed by atoms with Crippen LogP contribution in [0.2, 0.25) is 0 Å². The number of aliphatic hydroxyl groups excluding tert-OH is 1. The summed E-state index contributed by atoms with van der Waals surface area (Å²) < 4.78 is 0. The summed E-state index contributed by atoms with van der Waals surface area (Å²) in [4.78, 5) is 18.3. The zero-order valence-electron chi connectivity index (χ0n) is 9.80. The van der Waals surface area contributed by atoms with Gasteiger partial charge in [-0.15, -0.1) is 0 Å². The fourth-order valence-electron chi connectivity index (χ4n) is 1.66. The molecule has 2 rings (SSSR count). The monoisotopic (exact) mass is 254 g/mol. The number of aliphatic hydroxyl groups is 1. The summed E-state index contributed by atoms with van der Waals surface area (Å²) in [7, 11) is 0. The lowest BCUT2D eigenvalue weighted by Crippen LogP contribution is -2.27. The molecule has 1 aromatic heterocycles. The van der Waals surface area contributed by atoms with Crippen LogP contribution >= 0.6 is 0 Å². The summed E-state index contributed by atoms with van der Waals surface area (Å²) in [5, 5.41) is 23.1. The SMILES string of the molecule is Cc1nc(NN)nc(NC2(CO)CC2)c1[N+](=O)[O-]. The standard InChI is InChI=1S/C9H14N6O3/c1-5-6(15(17)18)7(12-8(11-5)14-10)13-9(4-16)2-3-9/h16H,2-4,10H2,1H3,(H2,11,12,13,14). The normalized spacial score (nSPS) is 16.2. The Bertz CT molecular complexity index is 487. The molecule has 1 aliphatic rings. The maximum atomic E-state index is 11.0. The number of nitrogen functional groups attached to an aromatic ring is 1. The van der Waals surface area contributed by atoms with Crippen molar-refractivity contribution in [3.63, 3.8) is 0 Å². The lowest BCUT2D eigenvalue weighted by Gasteiger charge is -2.15. The fourth-order valence-corrected chi connectivity index (χ4v) is 1.66. The van der Waals surface area contributed by atoms with Crippen LogP contribution in [0.4, 0.5) is 17.5 Å². The van der Waals surface area contributed by atoms with Gasteiger partial charge in [0.05, 0.1) is 17.1 Å². The van der Waals surface area contributed by atoms with E-state index in [1.165, 1.54) is 6.92 Å². The van der Waals surface area contributed by atoms with Crippen LogP contribution in [0.25, 0.3) is 0 Å². The molecule has 0 aliphatic heterocycles. The zero-order valence-corrected chi connectivity index (χ0v) is 9.80. The second-order valence-electron chi connectivity index (χ2n) is 4.29. The van der Waals surface area contributed by atoms with Crippen molar-refractivity contribution in [2.24, 2.45) is 5.84 Å². The van der Waals surface area contributed by atoms with Gasteiger partial charge in [-0.05, 0) is 19.8 Å². The molecular formula is C9H14N6O3. The van der Waals surface area contributed by atoms with Crippen molar-refractivity contribution in [1.29, 1.82) is 0 Å². The molecule has 9 nitrogen and oxygen atoms in total. The Hall–Kier alpha value is -2.00. The van der Waals surface area contributed by atoms with Crippen LogP contribution < -0.4 is 16.6 Å². The summed E-state index contributed by atoms with van der Waals surface area (Å²) in [5.41, 5.74) is 1.76. The van der Waals surface area contributed by atoms with Gasteiger partial charge in [0.15, 0.2) is 0 Å². The van der Waals surface area contributed by atoms with Gasteiger partial charge in [-0.1, -0.05) is 0 Å². The Labute approximate surface area is 103 Å². The lowest BCUT2D eigenvalue weighted by molar-refractivity contribution is -0.385. The molecule has 1 heterocycles. The van der Waals surface area contributed by atoms with E-state index in [-0.39, 0.29) is 29.8 Å². The highest BCUT2D eigenvalue weighted by atomic mass is 16.6. The molecule has 0 bridgehead atoms. The molecule has 0 spiro atoms. The molecule has 98 valence electrons. The number of nitrogens with zero attached hydrogens (tertiary/aromatic N) is 3. The van der Waals surface area contributed by atoms with E-state index in [0.29, 0.717) is 0 Å².